The summed E-state index contributed by atoms with van der Waals surface area (Å²) in [6.45, 7) is 14.3. The van der Waals surface area contributed by atoms with E-state index in [1.807, 2.05) is 30.6 Å². The minimum absolute atomic E-state index is 0.451. The molecule has 7 heteroatoms. The van der Waals surface area contributed by atoms with Crippen molar-refractivity contribution in [2.45, 2.75) is 40.5 Å². The van der Waals surface area contributed by atoms with Crippen LogP contribution >= 0.6 is 0 Å². The first-order valence-electron chi connectivity index (χ1n) is 13.3. The molecule has 3 atom stereocenters. The molecular weight excluding hydrogens is 448 g/mol. The van der Waals surface area contributed by atoms with E-state index in [0.29, 0.717) is 29.6 Å². The van der Waals surface area contributed by atoms with Gasteiger partial charge in [-0.2, -0.15) is 0 Å². The van der Waals surface area contributed by atoms with E-state index < -0.39 is 0 Å². The summed E-state index contributed by atoms with van der Waals surface area (Å²) in [7, 11) is 0. The van der Waals surface area contributed by atoms with Crippen molar-refractivity contribution in [3.8, 4) is 11.5 Å². The van der Waals surface area contributed by atoms with Crippen LogP contribution in [0.5, 0.6) is 0 Å². The molecule has 0 unspecified atom stereocenters. The fourth-order valence-corrected chi connectivity index (χ4v) is 5.73. The molecule has 3 heterocycles. The van der Waals surface area contributed by atoms with Crippen LogP contribution in [0.3, 0.4) is 0 Å². The molecule has 36 heavy (non-hydrogen) atoms. The lowest BCUT2D eigenvalue weighted by Crippen LogP contribution is -2.49. The second-order valence-corrected chi connectivity index (χ2v) is 10.8. The van der Waals surface area contributed by atoms with Crippen LogP contribution < -0.4 is 4.90 Å². The number of rotatable bonds is 7. The molecule has 0 spiro atoms. The van der Waals surface area contributed by atoms with Crippen molar-refractivity contribution in [2.75, 3.05) is 37.6 Å². The molecule has 0 amide bonds. The minimum atomic E-state index is 0.451. The fourth-order valence-electron chi connectivity index (χ4n) is 5.73. The van der Waals surface area contributed by atoms with Crippen molar-refractivity contribution >= 4 is 5.95 Å². The van der Waals surface area contributed by atoms with E-state index in [-0.39, 0.29) is 0 Å². The first-order chi connectivity index (χ1) is 17.5. The molecule has 1 aliphatic carbocycles. The van der Waals surface area contributed by atoms with Crippen molar-refractivity contribution in [3.05, 3.63) is 65.8 Å². The van der Waals surface area contributed by atoms with Crippen molar-refractivity contribution < 1.29 is 4.42 Å². The van der Waals surface area contributed by atoms with Crippen molar-refractivity contribution in [1.82, 2.24) is 25.1 Å². The minimum Gasteiger partial charge on any atom is -0.421 e. The highest BCUT2D eigenvalue weighted by molar-refractivity contribution is 5.52. The number of hydrogen-bond acceptors (Lipinski definition) is 7. The zero-order chi connectivity index (χ0) is 25.1. The molecular formula is C29H38N6O. The number of nitrogens with zero attached hydrogens (tertiary/aromatic N) is 6. The monoisotopic (exact) mass is 486 g/mol. The normalized spacial score (nSPS) is 23.2. The summed E-state index contributed by atoms with van der Waals surface area (Å²) < 4.78 is 6.08. The Bertz CT molecular complexity index is 1150. The van der Waals surface area contributed by atoms with Crippen LogP contribution in [0.15, 0.2) is 58.8 Å². The number of hydrogen-bond donors (Lipinski definition) is 0. The van der Waals surface area contributed by atoms with E-state index >= 15 is 0 Å². The smallest absolute Gasteiger partial charge is 0.247 e. The molecule has 2 aliphatic rings. The molecule has 0 radical (unpaired) electrons. The quantitative estimate of drug-likeness (QED) is 0.433. The van der Waals surface area contributed by atoms with Crippen LogP contribution in [0.4, 0.5) is 5.95 Å². The Morgan fingerprint density at radius 3 is 2.39 bits per heavy atom. The van der Waals surface area contributed by atoms with E-state index in [0.717, 1.165) is 56.5 Å². The highest BCUT2D eigenvalue weighted by atomic mass is 16.4. The van der Waals surface area contributed by atoms with Gasteiger partial charge in [0.05, 0.1) is 0 Å². The molecule has 0 N–H and O–H groups in total. The maximum absolute atomic E-state index is 6.08. The number of allylic oxidation sites excluding steroid dienone is 1. The van der Waals surface area contributed by atoms with E-state index in [1.54, 1.807) is 0 Å². The number of benzene rings is 1. The summed E-state index contributed by atoms with van der Waals surface area (Å²) in [6, 6.07) is 10.1. The summed E-state index contributed by atoms with van der Waals surface area (Å²) in [4.78, 5) is 13.8. The Morgan fingerprint density at radius 2 is 1.69 bits per heavy atom. The van der Waals surface area contributed by atoms with Crippen molar-refractivity contribution in [3.63, 3.8) is 0 Å². The van der Waals surface area contributed by atoms with Gasteiger partial charge in [-0.05, 0) is 62.1 Å². The van der Waals surface area contributed by atoms with Gasteiger partial charge in [-0.1, -0.05) is 43.2 Å². The average molecular weight is 487 g/mol. The van der Waals surface area contributed by atoms with Gasteiger partial charge in [0, 0.05) is 57.1 Å². The summed E-state index contributed by atoms with van der Waals surface area (Å²) >= 11 is 0. The lowest BCUT2D eigenvalue weighted by Gasteiger charge is -2.41. The Labute approximate surface area is 214 Å². The van der Waals surface area contributed by atoms with Gasteiger partial charge < -0.3 is 9.32 Å². The Balaban J connectivity index is 1.22. The van der Waals surface area contributed by atoms with Gasteiger partial charge in [-0.3, -0.25) is 4.90 Å². The second-order valence-electron chi connectivity index (χ2n) is 10.8. The molecule has 3 aromatic rings. The summed E-state index contributed by atoms with van der Waals surface area (Å²) in [6.07, 6.45) is 8.18. The molecule has 1 fully saturated rings. The summed E-state index contributed by atoms with van der Waals surface area (Å²) in [5, 5.41) is 8.72. The lowest BCUT2D eigenvalue weighted by molar-refractivity contribution is 0.154. The molecule has 190 valence electrons. The van der Waals surface area contributed by atoms with Crippen LogP contribution in [-0.2, 0) is 6.42 Å². The van der Waals surface area contributed by atoms with E-state index in [1.165, 1.54) is 17.6 Å². The molecule has 0 bridgehead atoms. The maximum Gasteiger partial charge on any atom is 0.247 e. The zero-order valence-electron chi connectivity index (χ0n) is 22.0. The SMILES string of the molecule is CC1=C[C@@H](CN2CCN(c3ncccn3)CC2)[C@H](C(C)C)C[C@@H]1Cc1nnc(-c2ccc(C)cc2)o1. The maximum atomic E-state index is 6.08. The third-order valence-corrected chi connectivity index (χ3v) is 7.95. The Kier molecular flexibility index (Phi) is 7.46. The summed E-state index contributed by atoms with van der Waals surface area (Å²) in [5.74, 6) is 4.50. The Hall–Kier alpha value is -3.06. The zero-order valence-corrected chi connectivity index (χ0v) is 22.0. The van der Waals surface area contributed by atoms with Crippen LogP contribution in [0.25, 0.3) is 11.5 Å². The molecule has 1 aliphatic heterocycles. The highest BCUT2D eigenvalue weighted by Crippen LogP contribution is 2.39. The Morgan fingerprint density at radius 1 is 0.972 bits per heavy atom. The lowest BCUT2D eigenvalue weighted by atomic mass is 9.69. The molecule has 1 saturated heterocycles. The van der Waals surface area contributed by atoms with Gasteiger partial charge in [0.2, 0.25) is 17.7 Å². The first kappa shape index (κ1) is 24.6. The fraction of sp³-hybridized carbons (Fsp3) is 0.517. The molecule has 7 nitrogen and oxygen atoms in total. The van der Waals surface area contributed by atoms with Gasteiger partial charge in [-0.25, -0.2) is 9.97 Å². The predicted octanol–water partition coefficient (Wildman–Crippen LogP) is 5.05. The van der Waals surface area contributed by atoms with Crippen LogP contribution in [-0.4, -0.2) is 57.8 Å². The van der Waals surface area contributed by atoms with Crippen molar-refractivity contribution in [2.24, 2.45) is 23.7 Å². The van der Waals surface area contributed by atoms with Gasteiger partial charge in [-0.15, -0.1) is 10.2 Å². The van der Waals surface area contributed by atoms with Crippen LogP contribution in [0.1, 0.15) is 38.6 Å². The van der Waals surface area contributed by atoms with Gasteiger partial charge >= 0.3 is 0 Å². The molecule has 1 aromatic carbocycles. The number of anilines is 1. The first-order valence-corrected chi connectivity index (χ1v) is 13.3. The van der Waals surface area contributed by atoms with Crippen LogP contribution in [0.2, 0.25) is 0 Å². The van der Waals surface area contributed by atoms with Gasteiger partial charge in [0.15, 0.2) is 0 Å². The van der Waals surface area contributed by atoms with E-state index in [2.05, 4.69) is 75.9 Å². The molecule has 5 rings (SSSR count). The molecule has 2 aromatic heterocycles. The van der Waals surface area contributed by atoms with Crippen molar-refractivity contribution in [1.29, 1.82) is 0 Å². The third-order valence-electron chi connectivity index (χ3n) is 7.95. The number of aryl methyl sites for hydroxylation is 1. The second kappa shape index (κ2) is 10.9. The highest BCUT2D eigenvalue weighted by Gasteiger charge is 2.34. The number of aromatic nitrogens is 4. The number of piperazine rings is 1. The average Bonchev–Trinajstić information content (AvgIpc) is 3.35. The predicted molar refractivity (Wildman–Crippen MR) is 143 cm³/mol. The van der Waals surface area contributed by atoms with Gasteiger partial charge in [0.25, 0.3) is 0 Å². The van der Waals surface area contributed by atoms with E-state index in [4.69, 9.17) is 4.42 Å². The van der Waals surface area contributed by atoms with Crippen LogP contribution in [0, 0.1) is 30.6 Å². The largest absolute Gasteiger partial charge is 0.421 e. The standard InChI is InChI=1S/C29H38N6O/c1-20(2)26-17-24(18-27-32-33-28(36-27)23-8-6-21(3)7-9-23)22(4)16-25(26)19-34-12-14-35(15-13-34)29-30-10-5-11-31-29/h5-11,16,20,24-26H,12-15,17-19H2,1-4H3/t24-,25+,26+/m1/s1. The van der Waals surface area contributed by atoms with Gasteiger partial charge in [0.1, 0.15) is 0 Å². The summed E-state index contributed by atoms with van der Waals surface area (Å²) in [5.41, 5.74) is 3.67. The third kappa shape index (κ3) is 5.67. The molecule has 0 saturated carbocycles. The topological polar surface area (TPSA) is 71.2 Å². The van der Waals surface area contributed by atoms with E-state index in [9.17, 15) is 0 Å².